The summed E-state index contributed by atoms with van der Waals surface area (Å²) in [4.78, 5) is 26.1. The van der Waals surface area contributed by atoms with Crippen LogP contribution >= 0.6 is 11.8 Å². The fourth-order valence-electron chi connectivity index (χ4n) is 3.74. The average Bonchev–Trinajstić information content (AvgIpc) is 3.27. The number of benzene rings is 3. The summed E-state index contributed by atoms with van der Waals surface area (Å²) < 4.78 is 3.31. The van der Waals surface area contributed by atoms with Gasteiger partial charge >= 0.3 is 0 Å². The zero-order valence-electron chi connectivity index (χ0n) is 18.1. The van der Waals surface area contributed by atoms with Crippen molar-refractivity contribution < 1.29 is 4.79 Å². The number of thioether (sulfide) groups is 1. The van der Waals surface area contributed by atoms with Crippen LogP contribution in [0.5, 0.6) is 0 Å². The highest BCUT2D eigenvalue weighted by Crippen LogP contribution is 2.36. The summed E-state index contributed by atoms with van der Waals surface area (Å²) in [5.74, 6) is 0.257. The Kier molecular flexibility index (Phi) is 5.43. The number of anilines is 1. The predicted octanol–water partition coefficient (Wildman–Crippen LogP) is 4.36. The summed E-state index contributed by atoms with van der Waals surface area (Å²) in [6, 6.07) is 24.6. The lowest BCUT2D eigenvalue weighted by atomic mass is 10.1. The van der Waals surface area contributed by atoms with Crippen molar-refractivity contribution in [2.75, 3.05) is 5.32 Å². The summed E-state index contributed by atoms with van der Waals surface area (Å²) in [5.41, 5.74) is 3.26. The second kappa shape index (κ2) is 8.55. The van der Waals surface area contributed by atoms with Crippen LogP contribution in [-0.4, -0.2) is 25.1 Å². The molecular formula is C25H21N5O2S. The van der Waals surface area contributed by atoms with Crippen LogP contribution in [0.15, 0.2) is 88.8 Å². The van der Waals surface area contributed by atoms with Crippen molar-refractivity contribution in [3.8, 4) is 0 Å². The number of carbonyl (C=O) groups excluding carboxylic acids is 1. The van der Waals surface area contributed by atoms with Gasteiger partial charge in [0.25, 0.3) is 5.56 Å². The quantitative estimate of drug-likeness (QED) is 0.398. The van der Waals surface area contributed by atoms with Crippen LogP contribution < -0.4 is 10.9 Å². The van der Waals surface area contributed by atoms with E-state index in [0.717, 1.165) is 16.8 Å². The Hall–Kier alpha value is -3.91. The highest BCUT2D eigenvalue weighted by atomic mass is 32.2. The molecule has 1 unspecified atom stereocenters. The van der Waals surface area contributed by atoms with Crippen molar-refractivity contribution in [2.24, 2.45) is 7.05 Å². The van der Waals surface area contributed by atoms with Gasteiger partial charge in [0.05, 0.1) is 10.9 Å². The van der Waals surface area contributed by atoms with Gasteiger partial charge in [-0.1, -0.05) is 71.9 Å². The minimum Gasteiger partial charge on any atom is -0.325 e. The minimum absolute atomic E-state index is 0.140. The average molecular weight is 456 g/mol. The zero-order valence-corrected chi connectivity index (χ0v) is 18.9. The van der Waals surface area contributed by atoms with E-state index >= 15 is 0 Å². The Labute approximate surface area is 194 Å². The monoisotopic (exact) mass is 455 g/mol. The van der Waals surface area contributed by atoms with E-state index < -0.39 is 5.25 Å². The number of nitrogens with zero attached hydrogens (tertiary/aromatic N) is 4. The van der Waals surface area contributed by atoms with E-state index in [-0.39, 0.29) is 11.5 Å². The van der Waals surface area contributed by atoms with Gasteiger partial charge in [0.2, 0.25) is 11.7 Å². The lowest BCUT2D eigenvalue weighted by Gasteiger charge is -2.17. The number of para-hydroxylation sites is 1. The summed E-state index contributed by atoms with van der Waals surface area (Å²) in [7, 11) is 1.67. The summed E-state index contributed by atoms with van der Waals surface area (Å²) in [6.45, 7) is 2.00. The third-order valence-corrected chi connectivity index (χ3v) is 6.68. The molecule has 0 saturated heterocycles. The number of aromatic nitrogens is 4. The third-order valence-electron chi connectivity index (χ3n) is 5.48. The predicted molar refractivity (Wildman–Crippen MR) is 131 cm³/mol. The smallest absolute Gasteiger partial charge is 0.262 e. The van der Waals surface area contributed by atoms with Crippen LogP contribution in [-0.2, 0) is 11.8 Å². The van der Waals surface area contributed by atoms with Crippen molar-refractivity contribution in [2.45, 2.75) is 17.3 Å². The molecule has 3 aromatic carbocycles. The molecule has 2 heterocycles. The first-order chi connectivity index (χ1) is 16.0. The number of hydrogen-bond acceptors (Lipinski definition) is 5. The fraction of sp³-hybridized carbons (Fsp3) is 0.120. The number of carbonyl (C=O) groups is 1. The summed E-state index contributed by atoms with van der Waals surface area (Å²) >= 11 is 1.30. The highest BCUT2D eigenvalue weighted by molar-refractivity contribution is 8.00. The Morgan fingerprint density at radius 2 is 1.64 bits per heavy atom. The molecule has 0 aliphatic heterocycles. The van der Waals surface area contributed by atoms with Gasteiger partial charge in [-0.2, -0.15) is 0 Å². The van der Waals surface area contributed by atoms with Crippen LogP contribution in [0.2, 0.25) is 0 Å². The van der Waals surface area contributed by atoms with E-state index in [4.69, 9.17) is 0 Å². The second-order valence-electron chi connectivity index (χ2n) is 7.76. The van der Waals surface area contributed by atoms with Gasteiger partial charge in [0.1, 0.15) is 5.25 Å². The molecule has 0 spiro atoms. The molecule has 0 aliphatic rings. The molecule has 0 bridgehead atoms. The maximum Gasteiger partial charge on any atom is 0.262 e. The van der Waals surface area contributed by atoms with E-state index in [1.54, 1.807) is 13.1 Å². The molecule has 1 N–H and O–H groups in total. The van der Waals surface area contributed by atoms with Gasteiger partial charge in [-0.05, 0) is 36.8 Å². The van der Waals surface area contributed by atoms with E-state index in [1.807, 2.05) is 84.1 Å². The molecule has 8 heteroatoms. The van der Waals surface area contributed by atoms with Gasteiger partial charge in [-0.25, -0.2) is 0 Å². The summed E-state index contributed by atoms with van der Waals surface area (Å²) in [6.07, 6.45) is 0. The molecule has 7 nitrogen and oxygen atoms in total. The van der Waals surface area contributed by atoms with Gasteiger partial charge in [-0.15, -0.1) is 10.2 Å². The molecule has 1 amide bonds. The Morgan fingerprint density at radius 3 is 2.39 bits per heavy atom. The van der Waals surface area contributed by atoms with Crippen LogP contribution in [0.4, 0.5) is 5.69 Å². The molecule has 33 heavy (non-hydrogen) atoms. The molecule has 0 fully saturated rings. The SMILES string of the molecule is Cc1ccc(NC(=O)C(Sc2nnc3n(C)c(=O)c4ccccc4n23)c2ccccc2)cc1. The third kappa shape index (κ3) is 3.89. The number of nitrogens with one attached hydrogen (secondary N) is 1. The molecule has 0 saturated carbocycles. The van der Waals surface area contributed by atoms with Crippen LogP contribution in [0.25, 0.3) is 16.7 Å². The van der Waals surface area contributed by atoms with Crippen LogP contribution in [0.3, 0.4) is 0 Å². The van der Waals surface area contributed by atoms with Crippen molar-refractivity contribution in [1.82, 2.24) is 19.2 Å². The topological polar surface area (TPSA) is 81.3 Å². The number of amides is 1. The van der Waals surface area contributed by atoms with Gasteiger partial charge in [0.15, 0.2) is 5.16 Å². The Balaban J connectivity index is 1.59. The number of hydrogen-bond donors (Lipinski definition) is 1. The van der Waals surface area contributed by atoms with Crippen LogP contribution in [0.1, 0.15) is 16.4 Å². The molecule has 5 rings (SSSR count). The Bertz CT molecular complexity index is 1520. The molecule has 1 atom stereocenters. The normalized spacial score (nSPS) is 12.2. The lowest BCUT2D eigenvalue weighted by molar-refractivity contribution is -0.115. The highest BCUT2D eigenvalue weighted by Gasteiger charge is 2.26. The van der Waals surface area contributed by atoms with Gasteiger partial charge in [-0.3, -0.25) is 18.6 Å². The van der Waals surface area contributed by atoms with Gasteiger partial charge in [0, 0.05) is 12.7 Å². The Morgan fingerprint density at radius 1 is 0.939 bits per heavy atom. The van der Waals surface area contributed by atoms with Crippen molar-refractivity contribution >= 4 is 40.0 Å². The minimum atomic E-state index is -0.573. The molecular weight excluding hydrogens is 434 g/mol. The first kappa shape index (κ1) is 21.0. The van der Waals surface area contributed by atoms with Crippen molar-refractivity contribution in [3.05, 3.63) is 100 Å². The maximum atomic E-state index is 13.4. The van der Waals surface area contributed by atoms with Crippen molar-refractivity contribution in [1.29, 1.82) is 0 Å². The van der Waals surface area contributed by atoms with E-state index in [2.05, 4.69) is 15.5 Å². The van der Waals surface area contributed by atoms with E-state index in [0.29, 0.717) is 21.8 Å². The fourth-order valence-corrected chi connectivity index (χ4v) is 4.78. The number of rotatable bonds is 5. The zero-order chi connectivity index (χ0) is 22.9. The van der Waals surface area contributed by atoms with Crippen molar-refractivity contribution in [3.63, 3.8) is 0 Å². The maximum absolute atomic E-state index is 13.4. The lowest BCUT2D eigenvalue weighted by Crippen LogP contribution is -2.21. The number of aryl methyl sites for hydroxylation is 2. The molecule has 2 aromatic heterocycles. The first-order valence-corrected chi connectivity index (χ1v) is 11.3. The molecule has 0 aliphatic carbocycles. The summed E-state index contributed by atoms with van der Waals surface area (Å²) in [5, 5.41) is 12.1. The second-order valence-corrected chi connectivity index (χ2v) is 8.84. The molecule has 0 radical (unpaired) electrons. The van der Waals surface area contributed by atoms with Crippen LogP contribution in [0, 0.1) is 6.92 Å². The standard InChI is InChI=1S/C25H21N5O2S/c1-16-12-14-18(15-13-16)26-22(31)21(17-8-4-3-5-9-17)33-25-28-27-24-29(2)23(32)19-10-6-7-11-20(19)30(24)25/h3-15,21H,1-2H3,(H,26,31). The molecule has 164 valence electrons. The number of fused-ring (bicyclic) bond motifs is 3. The molecule has 5 aromatic rings. The van der Waals surface area contributed by atoms with E-state index in [9.17, 15) is 9.59 Å². The first-order valence-electron chi connectivity index (χ1n) is 10.4. The van der Waals surface area contributed by atoms with Gasteiger partial charge < -0.3 is 5.32 Å². The van der Waals surface area contributed by atoms with E-state index in [1.165, 1.54) is 16.3 Å². The largest absolute Gasteiger partial charge is 0.325 e.